The summed E-state index contributed by atoms with van der Waals surface area (Å²) in [5.74, 6) is -1.76. The molecule has 9 heteroatoms. The zero-order valence-electron chi connectivity index (χ0n) is 9.94. The summed E-state index contributed by atoms with van der Waals surface area (Å²) in [6, 6.07) is 0. The van der Waals surface area contributed by atoms with Crippen molar-refractivity contribution in [3.63, 3.8) is 0 Å². The molecule has 0 bridgehead atoms. The van der Waals surface area contributed by atoms with Crippen LogP contribution in [-0.2, 0) is 15.7 Å². The second-order valence-corrected chi connectivity index (χ2v) is 5.26. The molecule has 0 unspecified atom stereocenters. The number of piperidine rings is 1. The maximum absolute atomic E-state index is 12.5. The highest BCUT2D eigenvalue weighted by Gasteiger charge is 2.42. The Kier molecular flexibility index (Phi) is 3.14. The maximum Gasteiger partial charge on any atom is 0.452 e. The zero-order valence-corrected chi connectivity index (χ0v) is 10.8. The van der Waals surface area contributed by atoms with Gasteiger partial charge in [0.1, 0.15) is 0 Å². The first kappa shape index (κ1) is 13.1. The molecule has 0 radical (unpaired) electrons. The lowest BCUT2D eigenvalue weighted by Gasteiger charge is -2.38. The van der Waals surface area contributed by atoms with Gasteiger partial charge in [0.05, 0.1) is 19.8 Å². The maximum atomic E-state index is 12.5. The van der Waals surface area contributed by atoms with Crippen LogP contribution in [0.15, 0.2) is 0 Å². The Balaban J connectivity index is 1.76. The van der Waals surface area contributed by atoms with Crippen LogP contribution in [0, 0.1) is 0 Å². The molecule has 1 spiro atoms. The normalized spacial score (nSPS) is 23.2. The molecule has 0 aromatic carbocycles. The average molecular weight is 295 g/mol. The molecule has 2 aliphatic heterocycles. The number of alkyl halides is 3. The van der Waals surface area contributed by atoms with Gasteiger partial charge < -0.3 is 14.4 Å². The predicted molar refractivity (Wildman–Crippen MR) is 61.0 cm³/mol. The van der Waals surface area contributed by atoms with Crippen LogP contribution in [0.4, 0.5) is 18.3 Å². The highest BCUT2D eigenvalue weighted by molar-refractivity contribution is 7.09. The van der Waals surface area contributed by atoms with Gasteiger partial charge in [-0.05, 0) is 6.42 Å². The third kappa shape index (κ3) is 2.54. The van der Waals surface area contributed by atoms with Crippen molar-refractivity contribution in [2.75, 3.05) is 31.2 Å². The molecule has 3 rings (SSSR count). The Morgan fingerprint density at radius 1 is 1.26 bits per heavy atom. The standard InChI is InChI=1S/C10H12F3N3O2S/c11-10(12,13)7-14-8(19-15-7)16-3-1-2-9(6-16)17-4-5-18-9/h1-6H2. The van der Waals surface area contributed by atoms with Crippen LogP contribution in [0.2, 0.25) is 0 Å². The number of hydrogen-bond donors (Lipinski definition) is 0. The number of ether oxygens (including phenoxy) is 2. The van der Waals surface area contributed by atoms with Gasteiger partial charge in [0, 0.05) is 24.5 Å². The van der Waals surface area contributed by atoms with E-state index in [1.165, 1.54) is 0 Å². The van der Waals surface area contributed by atoms with E-state index in [-0.39, 0.29) is 5.13 Å². The highest BCUT2D eigenvalue weighted by Crippen LogP contribution is 2.35. The quantitative estimate of drug-likeness (QED) is 0.792. The number of aromatic nitrogens is 2. The fourth-order valence-corrected chi connectivity index (χ4v) is 3.05. The molecule has 1 aromatic heterocycles. The van der Waals surface area contributed by atoms with Crippen molar-refractivity contribution in [1.82, 2.24) is 9.36 Å². The minimum Gasteiger partial charge on any atom is -0.346 e. The summed E-state index contributed by atoms with van der Waals surface area (Å²) >= 11 is 0.759. The minimum absolute atomic E-state index is 0.269. The number of anilines is 1. The minimum atomic E-state index is -4.50. The van der Waals surface area contributed by atoms with E-state index in [1.54, 1.807) is 4.90 Å². The molecular formula is C10H12F3N3O2S. The van der Waals surface area contributed by atoms with Gasteiger partial charge in [-0.25, -0.2) is 0 Å². The molecule has 2 saturated heterocycles. The molecule has 2 aliphatic rings. The summed E-state index contributed by atoms with van der Waals surface area (Å²) in [4.78, 5) is 5.31. The largest absolute Gasteiger partial charge is 0.452 e. The summed E-state index contributed by atoms with van der Waals surface area (Å²) in [6.45, 7) is 2.09. The summed E-state index contributed by atoms with van der Waals surface area (Å²) < 4.78 is 51.9. The van der Waals surface area contributed by atoms with Crippen LogP contribution in [0.3, 0.4) is 0 Å². The van der Waals surface area contributed by atoms with Crippen LogP contribution in [0.5, 0.6) is 0 Å². The van der Waals surface area contributed by atoms with Crippen LogP contribution in [0.25, 0.3) is 0 Å². The van der Waals surface area contributed by atoms with Crippen LogP contribution < -0.4 is 4.90 Å². The Morgan fingerprint density at radius 3 is 2.63 bits per heavy atom. The number of rotatable bonds is 1. The summed E-state index contributed by atoms with van der Waals surface area (Å²) in [6.07, 6.45) is -2.95. The third-order valence-electron chi connectivity index (χ3n) is 3.17. The number of hydrogen-bond acceptors (Lipinski definition) is 6. The van der Waals surface area contributed by atoms with Gasteiger partial charge in [0.25, 0.3) is 0 Å². The molecule has 0 saturated carbocycles. The lowest BCUT2D eigenvalue weighted by atomic mass is 10.1. The fraction of sp³-hybridized carbons (Fsp3) is 0.800. The molecule has 3 heterocycles. The molecule has 2 fully saturated rings. The highest BCUT2D eigenvalue weighted by atomic mass is 32.1. The summed E-state index contributed by atoms with van der Waals surface area (Å²) in [5, 5.41) is 0.269. The Hall–Kier alpha value is -0.930. The monoisotopic (exact) mass is 295 g/mol. The smallest absolute Gasteiger partial charge is 0.346 e. The first-order valence-corrected chi connectivity index (χ1v) is 6.70. The molecular weight excluding hydrogens is 283 g/mol. The van der Waals surface area contributed by atoms with E-state index >= 15 is 0 Å². The topological polar surface area (TPSA) is 47.5 Å². The Bertz CT molecular complexity index is 459. The van der Waals surface area contributed by atoms with Crippen molar-refractivity contribution in [2.24, 2.45) is 0 Å². The summed E-state index contributed by atoms with van der Waals surface area (Å²) in [5.41, 5.74) is 0. The van der Waals surface area contributed by atoms with Crippen molar-refractivity contribution in [3.05, 3.63) is 5.82 Å². The zero-order chi connectivity index (χ0) is 13.5. The lowest BCUT2D eigenvalue weighted by molar-refractivity contribution is -0.161. The van der Waals surface area contributed by atoms with Gasteiger partial charge in [0.15, 0.2) is 5.79 Å². The van der Waals surface area contributed by atoms with Crippen LogP contribution in [-0.4, -0.2) is 41.4 Å². The summed E-state index contributed by atoms with van der Waals surface area (Å²) in [7, 11) is 0. The predicted octanol–water partition coefficient (Wildman–Crippen LogP) is 1.90. The molecule has 5 nitrogen and oxygen atoms in total. The first-order chi connectivity index (χ1) is 8.99. The van der Waals surface area contributed by atoms with E-state index in [2.05, 4.69) is 9.36 Å². The van der Waals surface area contributed by atoms with Gasteiger partial charge in [-0.15, -0.1) is 0 Å². The molecule has 0 N–H and O–H groups in total. The van der Waals surface area contributed by atoms with E-state index in [9.17, 15) is 13.2 Å². The second kappa shape index (κ2) is 4.57. The van der Waals surface area contributed by atoms with Gasteiger partial charge in [-0.2, -0.15) is 22.5 Å². The molecule has 106 valence electrons. The van der Waals surface area contributed by atoms with Crippen molar-refractivity contribution in [2.45, 2.75) is 24.8 Å². The molecule has 0 atom stereocenters. The Morgan fingerprint density at radius 2 is 2.00 bits per heavy atom. The first-order valence-electron chi connectivity index (χ1n) is 5.92. The second-order valence-electron chi connectivity index (χ2n) is 4.53. The van der Waals surface area contributed by atoms with Gasteiger partial charge in [0.2, 0.25) is 11.0 Å². The van der Waals surface area contributed by atoms with E-state index < -0.39 is 17.8 Å². The van der Waals surface area contributed by atoms with Crippen molar-refractivity contribution in [1.29, 1.82) is 0 Å². The van der Waals surface area contributed by atoms with Gasteiger partial charge in [-0.1, -0.05) is 0 Å². The van der Waals surface area contributed by atoms with Crippen molar-refractivity contribution < 1.29 is 22.6 Å². The molecule has 19 heavy (non-hydrogen) atoms. The fourth-order valence-electron chi connectivity index (χ4n) is 2.34. The van der Waals surface area contributed by atoms with Crippen molar-refractivity contribution in [3.8, 4) is 0 Å². The number of nitrogens with zero attached hydrogens (tertiary/aromatic N) is 3. The van der Waals surface area contributed by atoms with E-state index in [0.717, 1.165) is 24.4 Å². The van der Waals surface area contributed by atoms with E-state index in [0.29, 0.717) is 26.3 Å². The molecule has 1 aromatic rings. The number of halogens is 3. The molecule has 0 aliphatic carbocycles. The van der Waals surface area contributed by atoms with Crippen LogP contribution in [0.1, 0.15) is 18.7 Å². The van der Waals surface area contributed by atoms with E-state index in [4.69, 9.17) is 9.47 Å². The van der Waals surface area contributed by atoms with E-state index in [1.807, 2.05) is 0 Å². The lowest BCUT2D eigenvalue weighted by Crippen LogP contribution is -2.49. The third-order valence-corrected chi connectivity index (χ3v) is 3.95. The van der Waals surface area contributed by atoms with Crippen molar-refractivity contribution >= 4 is 16.7 Å². The van der Waals surface area contributed by atoms with Gasteiger partial charge >= 0.3 is 6.18 Å². The van der Waals surface area contributed by atoms with Gasteiger partial charge in [-0.3, -0.25) is 0 Å². The van der Waals surface area contributed by atoms with Crippen LogP contribution >= 0.6 is 11.5 Å². The molecule has 0 amide bonds. The SMILES string of the molecule is FC(F)(F)c1nsc(N2CCCC3(C2)OCCO3)n1. The Labute approximate surface area is 111 Å². The average Bonchev–Trinajstić information content (AvgIpc) is 2.98.